The van der Waals surface area contributed by atoms with Gasteiger partial charge in [0.25, 0.3) is 0 Å². The van der Waals surface area contributed by atoms with Gasteiger partial charge in [0.1, 0.15) is 17.0 Å². The number of aryl methyl sites for hydroxylation is 1. The van der Waals surface area contributed by atoms with E-state index in [1.807, 2.05) is 0 Å². The topological polar surface area (TPSA) is 64.1 Å². The van der Waals surface area contributed by atoms with Crippen molar-refractivity contribution in [3.8, 4) is 0 Å². The smallest absolute Gasteiger partial charge is 0.307 e. The normalized spacial score (nSPS) is 10.6. The van der Waals surface area contributed by atoms with E-state index in [9.17, 15) is 4.79 Å². The van der Waals surface area contributed by atoms with Gasteiger partial charge in [0.15, 0.2) is 0 Å². The van der Waals surface area contributed by atoms with Gasteiger partial charge in [0, 0.05) is 11.4 Å². The van der Waals surface area contributed by atoms with Gasteiger partial charge in [-0.2, -0.15) is 0 Å². The monoisotopic (exact) mass is 279 g/mol. The second-order valence-electron chi connectivity index (χ2n) is 3.99. The number of nitrogens with one attached hydrogen (secondary N) is 1. The van der Waals surface area contributed by atoms with Gasteiger partial charge in [-0.1, -0.05) is 6.92 Å². The van der Waals surface area contributed by atoms with E-state index in [0.717, 1.165) is 22.5 Å². The molecule has 0 spiro atoms. The molecule has 0 atom stereocenters. The Labute approximate surface area is 116 Å². The molecule has 6 heteroatoms. The zero-order valence-electron chi connectivity index (χ0n) is 11.1. The molecule has 102 valence electrons. The zero-order chi connectivity index (χ0) is 13.7. The van der Waals surface area contributed by atoms with Crippen molar-refractivity contribution in [1.29, 1.82) is 0 Å². The van der Waals surface area contributed by atoms with E-state index in [4.69, 9.17) is 4.74 Å². The second-order valence-corrected chi connectivity index (χ2v) is 5.10. The van der Waals surface area contributed by atoms with E-state index < -0.39 is 0 Å². The molecule has 5 nitrogen and oxygen atoms in total. The summed E-state index contributed by atoms with van der Waals surface area (Å²) in [6.07, 6.45) is 2.87. The highest BCUT2D eigenvalue weighted by molar-refractivity contribution is 7.18. The first-order valence-corrected chi connectivity index (χ1v) is 7.19. The number of carbonyl (C=O) groups excluding carboxylic acids is 1. The number of anilines is 1. The lowest BCUT2D eigenvalue weighted by Gasteiger charge is -2.05. The van der Waals surface area contributed by atoms with Gasteiger partial charge in [-0.3, -0.25) is 4.79 Å². The van der Waals surface area contributed by atoms with Crippen molar-refractivity contribution in [2.45, 2.75) is 26.7 Å². The highest BCUT2D eigenvalue weighted by Crippen LogP contribution is 2.28. The maximum Gasteiger partial charge on any atom is 0.307 e. The second kappa shape index (κ2) is 6.47. The molecule has 0 aliphatic heterocycles. The maximum absolute atomic E-state index is 11.3. The minimum atomic E-state index is -0.195. The Hall–Kier alpha value is -1.69. The fraction of sp³-hybridized carbons (Fsp3) is 0.462. The van der Waals surface area contributed by atoms with Crippen molar-refractivity contribution < 1.29 is 9.53 Å². The number of ether oxygens (including phenoxy) is 1. The molecular formula is C13H17N3O2S. The average molecular weight is 279 g/mol. The Morgan fingerprint density at radius 1 is 1.42 bits per heavy atom. The molecule has 0 bridgehead atoms. The molecule has 0 fully saturated rings. The van der Waals surface area contributed by atoms with Gasteiger partial charge in [-0.05, 0) is 19.4 Å². The molecule has 0 saturated heterocycles. The first-order chi connectivity index (χ1) is 9.24. The zero-order valence-corrected chi connectivity index (χ0v) is 11.9. The number of thiophene rings is 1. The minimum absolute atomic E-state index is 0.195. The summed E-state index contributed by atoms with van der Waals surface area (Å²) in [6, 6.07) is 2.10. The van der Waals surface area contributed by atoms with Crippen LogP contribution in [0.3, 0.4) is 0 Å². The highest BCUT2D eigenvalue weighted by Gasteiger charge is 2.08. The number of carbonyl (C=O) groups is 1. The third-order valence-electron chi connectivity index (χ3n) is 2.66. The van der Waals surface area contributed by atoms with Crippen LogP contribution in [0.4, 0.5) is 5.82 Å². The van der Waals surface area contributed by atoms with Gasteiger partial charge in [0.2, 0.25) is 0 Å². The van der Waals surface area contributed by atoms with Gasteiger partial charge in [-0.25, -0.2) is 9.97 Å². The number of nitrogens with zero attached hydrogens (tertiary/aromatic N) is 2. The predicted octanol–water partition coefficient (Wildman–Crippen LogP) is 2.62. The largest absolute Gasteiger partial charge is 0.466 e. The average Bonchev–Trinajstić information content (AvgIpc) is 2.83. The number of hydrogen-bond acceptors (Lipinski definition) is 6. The van der Waals surface area contributed by atoms with E-state index in [1.54, 1.807) is 24.6 Å². The minimum Gasteiger partial charge on any atom is -0.466 e. The van der Waals surface area contributed by atoms with Crippen molar-refractivity contribution in [2.24, 2.45) is 0 Å². The Bertz CT molecular complexity index is 568. The van der Waals surface area contributed by atoms with E-state index >= 15 is 0 Å². The van der Waals surface area contributed by atoms with Crippen molar-refractivity contribution in [2.75, 3.05) is 18.5 Å². The molecule has 2 heterocycles. The number of esters is 1. The molecule has 0 aromatic carbocycles. The molecule has 2 aromatic rings. The fourth-order valence-electron chi connectivity index (χ4n) is 1.74. The Kier molecular flexibility index (Phi) is 4.68. The van der Waals surface area contributed by atoms with Crippen LogP contribution >= 0.6 is 11.3 Å². The standard InChI is InChI=1S/C13H17N3O2S/c1-3-9-7-10-12(15-8-16-13(10)19-9)14-6-5-11(17)18-4-2/h7-8H,3-6H2,1-2H3,(H,14,15,16). The molecule has 0 unspecified atom stereocenters. The van der Waals surface area contributed by atoms with Crippen LogP contribution in [0.5, 0.6) is 0 Å². The van der Waals surface area contributed by atoms with Crippen LogP contribution in [0.15, 0.2) is 12.4 Å². The molecule has 2 aromatic heterocycles. The van der Waals surface area contributed by atoms with Gasteiger partial charge in [0.05, 0.1) is 18.4 Å². The van der Waals surface area contributed by atoms with Crippen LogP contribution in [0.25, 0.3) is 10.2 Å². The molecule has 0 aliphatic rings. The Morgan fingerprint density at radius 2 is 2.26 bits per heavy atom. The summed E-state index contributed by atoms with van der Waals surface area (Å²) in [5.74, 6) is 0.588. The van der Waals surface area contributed by atoms with Gasteiger partial charge in [-0.15, -0.1) is 11.3 Å². The summed E-state index contributed by atoms with van der Waals surface area (Å²) in [6.45, 7) is 4.85. The predicted molar refractivity (Wildman–Crippen MR) is 76.5 cm³/mol. The first-order valence-electron chi connectivity index (χ1n) is 6.37. The fourth-order valence-corrected chi connectivity index (χ4v) is 2.67. The lowest BCUT2D eigenvalue weighted by Crippen LogP contribution is -2.12. The molecule has 2 rings (SSSR count). The van der Waals surface area contributed by atoms with Crippen molar-refractivity contribution in [3.05, 3.63) is 17.3 Å². The third kappa shape index (κ3) is 3.41. The first kappa shape index (κ1) is 13.7. The van der Waals surface area contributed by atoms with Crippen LogP contribution in [-0.2, 0) is 16.0 Å². The maximum atomic E-state index is 11.3. The van der Waals surface area contributed by atoms with E-state index in [-0.39, 0.29) is 5.97 Å². The number of hydrogen-bond donors (Lipinski definition) is 1. The van der Waals surface area contributed by atoms with Crippen LogP contribution in [0.1, 0.15) is 25.1 Å². The SMILES string of the molecule is CCOC(=O)CCNc1ncnc2sc(CC)cc12. The van der Waals surface area contributed by atoms with Crippen LogP contribution < -0.4 is 5.32 Å². The van der Waals surface area contributed by atoms with Crippen molar-refractivity contribution in [1.82, 2.24) is 9.97 Å². The van der Waals surface area contributed by atoms with E-state index in [1.165, 1.54) is 4.88 Å². The van der Waals surface area contributed by atoms with Gasteiger partial charge < -0.3 is 10.1 Å². The summed E-state index contributed by atoms with van der Waals surface area (Å²) in [5, 5.41) is 4.19. The third-order valence-corrected chi connectivity index (χ3v) is 3.84. The Morgan fingerprint density at radius 3 is 3.00 bits per heavy atom. The molecule has 0 amide bonds. The van der Waals surface area contributed by atoms with E-state index in [2.05, 4.69) is 28.3 Å². The number of rotatable bonds is 6. The summed E-state index contributed by atoms with van der Waals surface area (Å²) in [7, 11) is 0. The summed E-state index contributed by atoms with van der Waals surface area (Å²) in [4.78, 5) is 22.0. The van der Waals surface area contributed by atoms with E-state index in [0.29, 0.717) is 19.6 Å². The highest BCUT2D eigenvalue weighted by atomic mass is 32.1. The molecule has 0 saturated carbocycles. The van der Waals surface area contributed by atoms with Gasteiger partial charge >= 0.3 is 5.97 Å². The molecule has 1 N–H and O–H groups in total. The van der Waals surface area contributed by atoms with Crippen molar-refractivity contribution >= 4 is 33.3 Å². The molecule has 0 aliphatic carbocycles. The van der Waals surface area contributed by atoms with Crippen LogP contribution in [-0.4, -0.2) is 29.1 Å². The van der Waals surface area contributed by atoms with Crippen LogP contribution in [0.2, 0.25) is 0 Å². The summed E-state index contributed by atoms with van der Waals surface area (Å²) in [5.41, 5.74) is 0. The van der Waals surface area contributed by atoms with Crippen LogP contribution in [0, 0.1) is 0 Å². The quantitative estimate of drug-likeness (QED) is 0.823. The number of fused-ring (bicyclic) bond motifs is 1. The van der Waals surface area contributed by atoms with Crippen molar-refractivity contribution in [3.63, 3.8) is 0 Å². The molecule has 0 radical (unpaired) electrons. The summed E-state index contributed by atoms with van der Waals surface area (Å²) >= 11 is 1.68. The molecule has 19 heavy (non-hydrogen) atoms. The lowest BCUT2D eigenvalue weighted by atomic mass is 10.3. The summed E-state index contributed by atoms with van der Waals surface area (Å²) < 4.78 is 4.88. The number of aromatic nitrogens is 2. The lowest BCUT2D eigenvalue weighted by molar-refractivity contribution is -0.142. The molecular weight excluding hydrogens is 262 g/mol. The Balaban J connectivity index is 2.04.